The number of para-hydroxylation sites is 1. The highest BCUT2D eigenvalue weighted by Gasteiger charge is 2.21. The molecule has 1 aliphatic rings. The summed E-state index contributed by atoms with van der Waals surface area (Å²) in [5.74, 6) is 2.70. The van der Waals surface area contributed by atoms with Crippen molar-refractivity contribution < 1.29 is 9.47 Å². The number of hydrogen-bond acceptors (Lipinski definition) is 3. The average Bonchev–Trinajstić information content (AvgIpc) is 2.68. The molecular weight excluding hydrogens is 326 g/mol. The minimum Gasteiger partial charge on any atom is -0.496 e. The first-order valence-corrected chi connectivity index (χ1v) is 9.03. The molecule has 2 N–H and O–H groups in total. The molecule has 0 aromatic heterocycles. The van der Waals surface area contributed by atoms with Crippen LogP contribution in [0, 0.1) is 6.92 Å². The number of guanidine groups is 1. The van der Waals surface area contributed by atoms with E-state index in [1.54, 1.807) is 14.2 Å². The summed E-state index contributed by atoms with van der Waals surface area (Å²) in [7, 11) is 3.51. The summed E-state index contributed by atoms with van der Waals surface area (Å²) in [4.78, 5) is 4.36. The minimum atomic E-state index is 0.214. The predicted octanol–water partition coefficient (Wildman–Crippen LogP) is 3.23. The zero-order valence-corrected chi connectivity index (χ0v) is 15.7. The zero-order valence-electron chi connectivity index (χ0n) is 15.7. The maximum Gasteiger partial charge on any atom is 0.191 e. The number of rotatable bonds is 5. The molecule has 26 heavy (non-hydrogen) atoms. The number of ether oxygens (including phenoxy) is 2. The van der Waals surface area contributed by atoms with Crippen LogP contribution < -0.4 is 20.1 Å². The van der Waals surface area contributed by atoms with Crippen molar-refractivity contribution in [2.45, 2.75) is 25.8 Å². The van der Waals surface area contributed by atoms with Gasteiger partial charge in [-0.3, -0.25) is 4.99 Å². The molecular formula is C21H27N3O2. The summed E-state index contributed by atoms with van der Waals surface area (Å²) >= 11 is 0. The number of hydrogen-bond donors (Lipinski definition) is 2. The lowest BCUT2D eigenvalue weighted by Gasteiger charge is -2.28. The Kier molecular flexibility index (Phi) is 6.00. The van der Waals surface area contributed by atoms with Gasteiger partial charge in [-0.15, -0.1) is 0 Å². The number of fused-ring (bicyclic) bond motifs is 1. The normalized spacial score (nSPS) is 16.4. The number of nitrogens with one attached hydrogen (secondary N) is 2. The smallest absolute Gasteiger partial charge is 0.191 e. The van der Waals surface area contributed by atoms with Gasteiger partial charge in [0, 0.05) is 25.6 Å². The Morgan fingerprint density at radius 2 is 2.12 bits per heavy atom. The second-order valence-corrected chi connectivity index (χ2v) is 6.42. The van der Waals surface area contributed by atoms with Crippen LogP contribution in [0.5, 0.6) is 11.5 Å². The van der Waals surface area contributed by atoms with Gasteiger partial charge in [-0.05, 0) is 36.6 Å². The summed E-state index contributed by atoms with van der Waals surface area (Å²) in [5.41, 5.74) is 3.58. The van der Waals surface area contributed by atoms with Crippen LogP contribution in [-0.4, -0.2) is 33.3 Å². The van der Waals surface area contributed by atoms with E-state index in [1.807, 2.05) is 18.2 Å². The lowest BCUT2D eigenvalue weighted by atomic mass is 10.0. The van der Waals surface area contributed by atoms with Crippen LogP contribution in [0.3, 0.4) is 0 Å². The minimum absolute atomic E-state index is 0.214. The SMILES string of the molecule is CN=C(NCCc1ccc(C)c(OC)c1)NC1CCOc2ccccc21. The fourth-order valence-electron chi connectivity index (χ4n) is 3.20. The number of aryl methyl sites for hydroxylation is 1. The summed E-state index contributed by atoms with van der Waals surface area (Å²) in [6, 6.07) is 14.7. The van der Waals surface area contributed by atoms with Crippen molar-refractivity contribution >= 4 is 5.96 Å². The van der Waals surface area contributed by atoms with Gasteiger partial charge in [0.05, 0.1) is 19.8 Å². The molecule has 0 saturated carbocycles. The molecule has 0 amide bonds. The quantitative estimate of drug-likeness (QED) is 0.640. The van der Waals surface area contributed by atoms with Crippen LogP contribution in [0.2, 0.25) is 0 Å². The summed E-state index contributed by atoms with van der Waals surface area (Å²) in [6.07, 6.45) is 1.83. The highest BCUT2D eigenvalue weighted by atomic mass is 16.5. The molecule has 5 nitrogen and oxygen atoms in total. The number of nitrogens with zero attached hydrogens (tertiary/aromatic N) is 1. The Hall–Kier alpha value is -2.69. The van der Waals surface area contributed by atoms with Gasteiger partial charge < -0.3 is 20.1 Å². The van der Waals surface area contributed by atoms with Gasteiger partial charge in [0.1, 0.15) is 11.5 Å². The fraction of sp³-hybridized carbons (Fsp3) is 0.381. The van der Waals surface area contributed by atoms with Crippen molar-refractivity contribution in [2.75, 3.05) is 27.3 Å². The van der Waals surface area contributed by atoms with Crippen LogP contribution in [0.15, 0.2) is 47.5 Å². The number of benzene rings is 2. The van der Waals surface area contributed by atoms with E-state index >= 15 is 0 Å². The molecule has 2 aromatic carbocycles. The molecule has 2 aromatic rings. The molecule has 1 unspecified atom stereocenters. The summed E-state index contributed by atoms with van der Waals surface area (Å²) in [5, 5.41) is 6.92. The highest BCUT2D eigenvalue weighted by molar-refractivity contribution is 5.80. The summed E-state index contributed by atoms with van der Waals surface area (Å²) < 4.78 is 11.1. The van der Waals surface area contributed by atoms with Gasteiger partial charge >= 0.3 is 0 Å². The van der Waals surface area contributed by atoms with Crippen LogP contribution >= 0.6 is 0 Å². The third kappa shape index (κ3) is 4.28. The molecule has 0 radical (unpaired) electrons. The van der Waals surface area contributed by atoms with E-state index in [0.29, 0.717) is 0 Å². The maximum absolute atomic E-state index is 5.73. The van der Waals surface area contributed by atoms with E-state index in [9.17, 15) is 0 Å². The maximum atomic E-state index is 5.73. The topological polar surface area (TPSA) is 54.9 Å². The molecule has 1 heterocycles. The molecule has 0 bridgehead atoms. The largest absolute Gasteiger partial charge is 0.496 e. The van der Waals surface area contributed by atoms with Crippen LogP contribution in [0.4, 0.5) is 0 Å². The van der Waals surface area contributed by atoms with Crippen molar-refractivity contribution in [3.05, 3.63) is 59.2 Å². The molecule has 0 saturated heterocycles. The third-order valence-corrected chi connectivity index (χ3v) is 4.67. The number of methoxy groups -OCH3 is 1. The molecule has 0 spiro atoms. The van der Waals surface area contributed by atoms with Gasteiger partial charge in [-0.2, -0.15) is 0 Å². The molecule has 3 rings (SSSR count). The van der Waals surface area contributed by atoms with Crippen molar-refractivity contribution in [2.24, 2.45) is 4.99 Å². The Morgan fingerprint density at radius 3 is 2.92 bits per heavy atom. The van der Waals surface area contributed by atoms with Crippen LogP contribution in [0.25, 0.3) is 0 Å². The van der Waals surface area contributed by atoms with Crippen LogP contribution in [-0.2, 0) is 6.42 Å². The molecule has 0 fully saturated rings. The van der Waals surface area contributed by atoms with Gasteiger partial charge in [-0.1, -0.05) is 30.3 Å². The van der Waals surface area contributed by atoms with Gasteiger partial charge in [0.2, 0.25) is 0 Å². The first-order valence-electron chi connectivity index (χ1n) is 9.03. The Morgan fingerprint density at radius 1 is 1.27 bits per heavy atom. The number of aliphatic imine (C=N–C) groups is 1. The second-order valence-electron chi connectivity index (χ2n) is 6.42. The Balaban J connectivity index is 1.56. The van der Waals surface area contributed by atoms with E-state index in [-0.39, 0.29) is 6.04 Å². The van der Waals surface area contributed by atoms with Crippen LogP contribution in [0.1, 0.15) is 29.2 Å². The van der Waals surface area contributed by atoms with E-state index in [2.05, 4.69) is 46.8 Å². The van der Waals surface area contributed by atoms with Gasteiger partial charge in [-0.25, -0.2) is 0 Å². The fourth-order valence-corrected chi connectivity index (χ4v) is 3.20. The van der Waals surface area contributed by atoms with Crippen molar-refractivity contribution in [3.63, 3.8) is 0 Å². The van der Waals surface area contributed by atoms with Crippen molar-refractivity contribution in [1.29, 1.82) is 0 Å². The highest BCUT2D eigenvalue weighted by Crippen LogP contribution is 2.31. The van der Waals surface area contributed by atoms with Gasteiger partial charge in [0.15, 0.2) is 5.96 Å². The lowest BCUT2D eigenvalue weighted by Crippen LogP contribution is -2.41. The molecule has 0 aliphatic carbocycles. The lowest BCUT2D eigenvalue weighted by molar-refractivity contribution is 0.261. The standard InChI is InChI=1S/C21H27N3O2/c1-15-8-9-16(14-20(15)25-3)10-12-23-21(22-2)24-18-11-13-26-19-7-5-4-6-17(18)19/h4-9,14,18H,10-13H2,1-3H3,(H2,22,23,24). The second kappa shape index (κ2) is 8.61. The average molecular weight is 353 g/mol. The summed E-state index contributed by atoms with van der Waals surface area (Å²) in [6.45, 7) is 3.57. The molecule has 5 heteroatoms. The zero-order chi connectivity index (χ0) is 18.4. The predicted molar refractivity (Wildman–Crippen MR) is 105 cm³/mol. The first-order chi connectivity index (χ1) is 12.7. The molecule has 1 aliphatic heterocycles. The molecule has 138 valence electrons. The Labute approximate surface area is 155 Å². The van der Waals surface area contributed by atoms with Gasteiger partial charge in [0.25, 0.3) is 0 Å². The van der Waals surface area contributed by atoms with E-state index in [4.69, 9.17) is 9.47 Å². The van der Waals surface area contributed by atoms with E-state index in [1.165, 1.54) is 11.1 Å². The van der Waals surface area contributed by atoms with Crippen molar-refractivity contribution in [3.8, 4) is 11.5 Å². The van der Waals surface area contributed by atoms with E-state index in [0.717, 1.165) is 49.0 Å². The monoisotopic (exact) mass is 353 g/mol. The van der Waals surface area contributed by atoms with E-state index < -0.39 is 0 Å². The first kappa shape index (κ1) is 18.1. The Bertz CT molecular complexity index is 774. The van der Waals surface area contributed by atoms with Crippen molar-refractivity contribution in [1.82, 2.24) is 10.6 Å². The molecule has 1 atom stereocenters. The third-order valence-electron chi connectivity index (χ3n) is 4.67.